The molecule has 0 bridgehead atoms. The fraction of sp³-hybridized carbons (Fsp3) is 0.353. The first-order chi connectivity index (χ1) is 10.7. The molecule has 0 radical (unpaired) electrons. The molecule has 22 heavy (non-hydrogen) atoms. The minimum Gasteiger partial charge on any atom is -0.484 e. The Kier molecular flexibility index (Phi) is 4.73. The van der Waals surface area contributed by atoms with Crippen molar-refractivity contribution in [2.45, 2.75) is 18.8 Å². The zero-order valence-electron chi connectivity index (χ0n) is 12.2. The second kappa shape index (κ2) is 6.92. The van der Waals surface area contributed by atoms with E-state index in [1.54, 1.807) is 11.3 Å². The van der Waals surface area contributed by atoms with Crippen LogP contribution in [0.3, 0.4) is 0 Å². The van der Waals surface area contributed by atoms with Gasteiger partial charge in [-0.25, -0.2) is 4.39 Å². The topological polar surface area (TPSA) is 29.5 Å². The van der Waals surface area contributed by atoms with Gasteiger partial charge in [-0.1, -0.05) is 6.07 Å². The predicted molar refractivity (Wildman–Crippen MR) is 84.8 cm³/mol. The largest absolute Gasteiger partial charge is 0.484 e. The molecule has 1 aliphatic heterocycles. The van der Waals surface area contributed by atoms with Crippen LogP contribution >= 0.6 is 11.3 Å². The number of halogens is 1. The number of thiophene rings is 1. The second-order valence-corrected chi connectivity index (χ2v) is 6.39. The summed E-state index contributed by atoms with van der Waals surface area (Å²) in [6.45, 7) is 1.55. The summed E-state index contributed by atoms with van der Waals surface area (Å²) in [5.41, 5.74) is 0. The fourth-order valence-corrected chi connectivity index (χ4v) is 3.60. The molecule has 1 amide bonds. The van der Waals surface area contributed by atoms with E-state index in [1.165, 1.54) is 29.1 Å². The van der Waals surface area contributed by atoms with E-state index < -0.39 is 0 Å². The van der Waals surface area contributed by atoms with Gasteiger partial charge in [0.2, 0.25) is 0 Å². The standard InChI is InChI=1S/C17H18FNO2S/c18-14-3-5-15(6-4-14)21-12-17(20)19-9-7-13(8-10-19)16-2-1-11-22-16/h1-6,11,13H,7-10,12H2. The fourth-order valence-electron chi connectivity index (χ4n) is 2.70. The predicted octanol–water partition coefficient (Wildman–Crippen LogP) is 3.67. The summed E-state index contributed by atoms with van der Waals surface area (Å²) < 4.78 is 18.2. The lowest BCUT2D eigenvalue weighted by atomic mass is 9.95. The summed E-state index contributed by atoms with van der Waals surface area (Å²) in [5.74, 6) is 0.772. The molecular weight excluding hydrogens is 301 g/mol. The van der Waals surface area contributed by atoms with Crippen molar-refractivity contribution in [1.82, 2.24) is 4.90 Å². The second-order valence-electron chi connectivity index (χ2n) is 5.41. The van der Waals surface area contributed by atoms with Gasteiger partial charge in [-0.15, -0.1) is 11.3 Å². The van der Waals surface area contributed by atoms with Crippen LogP contribution in [-0.2, 0) is 4.79 Å². The van der Waals surface area contributed by atoms with Crippen LogP contribution in [-0.4, -0.2) is 30.5 Å². The van der Waals surface area contributed by atoms with Crippen LogP contribution in [0, 0.1) is 5.82 Å². The maximum Gasteiger partial charge on any atom is 0.260 e. The van der Waals surface area contributed by atoms with Crippen molar-refractivity contribution in [3.8, 4) is 5.75 Å². The molecule has 3 nitrogen and oxygen atoms in total. The van der Waals surface area contributed by atoms with Crippen LogP contribution in [0.25, 0.3) is 0 Å². The lowest BCUT2D eigenvalue weighted by Gasteiger charge is -2.31. The monoisotopic (exact) mass is 319 g/mol. The molecule has 0 unspecified atom stereocenters. The smallest absolute Gasteiger partial charge is 0.260 e. The summed E-state index contributed by atoms with van der Waals surface area (Å²) in [5, 5.41) is 2.10. The van der Waals surface area contributed by atoms with Crippen LogP contribution < -0.4 is 4.74 Å². The SMILES string of the molecule is O=C(COc1ccc(F)cc1)N1CCC(c2cccs2)CC1. The Morgan fingerprint density at radius 2 is 1.95 bits per heavy atom. The van der Waals surface area contributed by atoms with Crippen molar-refractivity contribution in [1.29, 1.82) is 0 Å². The van der Waals surface area contributed by atoms with Gasteiger partial charge in [0.15, 0.2) is 6.61 Å². The van der Waals surface area contributed by atoms with Crippen molar-refractivity contribution >= 4 is 17.2 Å². The van der Waals surface area contributed by atoms with Crippen LogP contribution in [0.5, 0.6) is 5.75 Å². The number of ether oxygens (including phenoxy) is 1. The van der Waals surface area contributed by atoms with Crippen molar-refractivity contribution in [2.24, 2.45) is 0 Å². The van der Waals surface area contributed by atoms with Crippen LogP contribution in [0.4, 0.5) is 4.39 Å². The highest BCUT2D eigenvalue weighted by molar-refractivity contribution is 7.10. The van der Waals surface area contributed by atoms with Gasteiger partial charge in [-0.05, 0) is 54.5 Å². The van der Waals surface area contributed by atoms with Gasteiger partial charge < -0.3 is 9.64 Å². The van der Waals surface area contributed by atoms with E-state index in [0.29, 0.717) is 11.7 Å². The number of hydrogen-bond acceptors (Lipinski definition) is 3. The molecule has 1 aromatic heterocycles. The number of benzene rings is 1. The van der Waals surface area contributed by atoms with Gasteiger partial charge in [0.1, 0.15) is 11.6 Å². The van der Waals surface area contributed by atoms with Gasteiger partial charge in [0.05, 0.1) is 0 Å². The van der Waals surface area contributed by atoms with E-state index in [1.807, 2.05) is 4.90 Å². The summed E-state index contributed by atoms with van der Waals surface area (Å²) in [4.78, 5) is 15.4. The maximum atomic E-state index is 12.8. The molecule has 0 aliphatic carbocycles. The zero-order chi connectivity index (χ0) is 15.4. The highest BCUT2D eigenvalue weighted by atomic mass is 32.1. The van der Waals surface area contributed by atoms with Crippen molar-refractivity contribution in [3.05, 3.63) is 52.5 Å². The molecule has 1 aliphatic rings. The molecule has 1 aromatic carbocycles. The molecule has 0 N–H and O–H groups in total. The van der Waals surface area contributed by atoms with E-state index in [0.717, 1.165) is 25.9 Å². The third-order valence-electron chi connectivity index (χ3n) is 3.97. The number of nitrogens with zero attached hydrogens (tertiary/aromatic N) is 1. The minimum absolute atomic E-state index is 0.00560. The lowest BCUT2D eigenvalue weighted by Crippen LogP contribution is -2.40. The number of carbonyl (C=O) groups excluding carboxylic acids is 1. The molecule has 116 valence electrons. The number of hydrogen-bond donors (Lipinski definition) is 0. The molecule has 2 heterocycles. The third kappa shape index (κ3) is 3.65. The zero-order valence-corrected chi connectivity index (χ0v) is 13.0. The minimum atomic E-state index is -0.311. The molecular formula is C17H18FNO2S. The van der Waals surface area contributed by atoms with E-state index in [2.05, 4.69) is 17.5 Å². The number of carbonyl (C=O) groups is 1. The van der Waals surface area contributed by atoms with Crippen molar-refractivity contribution in [2.75, 3.05) is 19.7 Å². The van der Waals surface area contributed by atoms with E-state index in [9.17, 15) is 9.18 Å². The summed E-state index contributed by atoms with van der Waals surface area (Å²) in [6, 6.07) is 9.97. The maximum absolute atomic E-state index is 12.8. The number of piperidine rings is 1. The molecule has 0 saturated carbocycles. The quantitative estimate of drug-likeness (QED) is 0.860. The third-order valence-corrected chi connectivity index (χ3v) is 5.00. The Morgan fingerprint density at radius 3 is 2.59 bits per heavy atom. The molecule has 1 fully saturated rings. The Balaban J connectivity index is 1.46. The first kappa shape index (κ1) is 15.0. The Bertz CT molecular complexity index is 604. The van der Waals surface area contributed by atoms with Gasteiger partial charge in [0, 0.05) is 18.0 Å². The first-order valence-corrected chi connectivity index (χ1v) is 8.30. The van der Waals surface area contributed by atoms with Gasteiger partial charge in [-0.3, -0.25) is 4.79 Å². The molecule has 0 spiro atoms. The highest BCUT2D eigenvalue weighted by Crippen LogP contribution is 2.30. The molecule has 3 rings (SSSR count). The number of amides is 1. The Morgan fingerprint density at radius 1 is 1.23 bits per heavy atom. The summed E-state index contributed by atoms with van der Waals surface area (Å²) >= 11 is 1.79. The van der Waals surface area contributed by atoms with Gasteiger partial charge >= 0.3 is 0 Å². The number of likely N-dealkylation sites (tertiary alicyclic amines) is 1. The van der Waals surface area contributed by atoms with Gasteiger partial charge in [0.25, 0.3) is 5.91 Å². The average molecular weight is 319 g/mol. The highest BCUT2D eigenvalue weighted by Gasteiger charge is 2.24. The van der Waals surface area contributed by atoms with Gasteiger partial charge in [-0.2, -0.15) is 0 Å². The summed E-state index contributed by atoms with van der Waals surface area (Å²) in [6.07, 6.45) is 2.01. The average Bonchev–Trinajstić information content (AvgIpc) is 3.09. The Labute approximate surface area is 133 Å². The lowest BCUT2D eigenvalue weighted by molar-refractivity contribution is -0.134. The van der Waals surface area contributed by atoms with E-state index in [4.69, 9.17) is 4.74 Å². The number of rotatable bonds is 4. The molecule has 0 atom stereocenters. The van der Waals surface area contributed by atoms with Crippen LogP contribution in [0.2, 0.25) is 0 Å². The molecule has 1 saturated heterocycles. The molecule has 2 aromatic rings. The van der Waals surface area contributed by atoms with Crippen molar-refractivity contribution < 1.29 is 13.9 Å². The van der Waals surface area contributed by atoms with E-state index >= 15 is 0 Å². The first-order valence-electron chi connectivity index (χ1n) is 7.42. The normalized spacial score (nSPS) is 15.8. The van der Waals surface area contributed by atoms with Crippen LogP contribution in [0.1, 0.15) is 23.6 Å². The van der Waals surface area contributed by atoms with E-state index in [-0.39, 0.29) is 18.3 Å². The molecule has 5 heteroatoms. The van der Waals surface area contributed by atoms with Crippen LogP contribution in [0.15, 0.2) is 41.8 Å². The summed E-state index contributed by atoms with van der Waals surface area (Å²) in [7, 11) is 0. The van der Waals surface area contributed by atoms with Crippen molar-refractivity contribution in [3.63, 3.8) is 0 Å². The Hall–Kier alpha value is -1.88.